The van der Waals surface area contributed by atoms with E-state index in [4.69, 9.17) is 9.47 Å². The van der Waals surface area contributed by atoms with E-state index in [1.807, 2.05) is 37.3 Å². The van der Waals surface area contributed by atoms with Crippen molar-refractivity contribution in [3.05, 3.63) is 48.5 Å². The molecule has 2 aliphatic heterocycles. The van der Waals surface area contributed by atoms with Gasteiger partial charge in [0.1, 0.15) is 6.10 Å². The summed E-state index contributed by atoms with van der Waals surface area (Å²) in [5, 5.41) is 2.85. The molecule has 1 saturated heterocycles. The van der Waals surface area contributed by atoms with Crippen LogP contribution in [0.15, 0.2) is 48.5 Å². The van der Waals surface area contributed by atoms with Crippen LogP contribution in [0.1, 0.15) is 19.8 Å². The van der Waals surface area contributed by atoms with Crippen molar-refractivity contribution in [3.63, 3.8) is 0 Å². The molecule has 0 bridgehead atoms. The Balaban J connectivity index is 1.44. The number of hydrogen-bond acceptors (Lipinski definition) is 4. The monoisotopic (exact) mass is 352 g/mol. The van der Waals surface area contributed by atoms with Gasteiger partial charge in [0.2, 0.25) is 12.0 Å². The third-order valence-corrected chi connectivity index (χ3v) is 4.62. The predicted octanol–water partition coefficient (Wildman–Crippen LogP) is 2.98. The summed E-state index contributed by atoms with van der Waals surface area (Å²) in [6, 6.07) is 14.6. The van der Waals surface area contributed by atoms with Crippen molar-refractivity contribution in [2.45, 2.75) is 32.0 Å². The Morgan fingerprint density at radius 2 is 1.77 bits per heavy atom. The molecular weight excluding hydrogens is 332 g/mol. The lowest BCUT2D eigenvalue weighted by molar-refractivity contribution is -0.128. The van der Waals surface area contributed by atoms with Crippen LogP contribution in [-0.2, 0) is 9.59 Å². The van der Waals surface area contributed by atoms with E-state index in [1.54, 1.807) is 23.1 Å². The van der Waals surface area contributed by atoms with Crippen LogP contribution in [0.3, 0.4) is 0 Å². The maximum Gasteiger partial charge on any atom is 0.269 e. The SMILES string of the molecule is CC1Oc2ccccc2OC1C(=O)Nc1ccc(N2CCCC2=O)cc1. The molecule has 0 aliphatic carbocycles. The maximum absolute atomic E-state index is 12.6. The van der Waals surface area contributed by atoms with E-state index in [1.165, 1.54) is 0 Å². The minimum atomic E-state index is -0.732. The molecule has 6 nitrogen and oxygen atoms in total. The van der Waals surface area contributed by atoms with Gasteiger partial charge in [-0.1, -0.05) is 12.1 Å². The molecule has 26 heavy (non-hydrogen) atoms. The molecule has 134 valence electrons. The molecule has 2 atom stereocenters. The van der Waals surface area contributed by atoms with Crippen molar-refractivity contribution in [2.75, 3.05) is 16.8 Å². The van der Waals surface area contributed by atoms with Crippen LogP contribution in [0.25, 0.3) is 0 Å². The quantitative estimate of drug-likeness (QED) is 0.922. The van der Waals surface area contributed by atoms with Gasteiger partial charge in [0.15, 0.2) is 11.5 Å². The summed E-state index contributed by atoms with van der Waals surface area (Å²) in [5.41, 5.74) is 1.50. The first kappa shape index (κ1) is 16.4. The Kier molecular flexibility index (Phi) is 4.24. The van der Waals surface area contributed by atoms with Crippen LogP contribution in [-0.4, -0.2) is 30.6 Å². The van der Waals surface area contributed by atoms with Gasteiger partial charge in [-0.15, -0.1) is 0 Å². The third-order valence-electron chi connectivity index (χ3n) is 4.62. The average molecular weight is 352 g/mol. The van der Waals surface area contributed by atoms with Gasteiger partial charge in [-0.05, 0) is 49.7 Å². The summed E-state index contributed by atoms with van der Waals surface area (Å²) in [7, 11) is 0. The minimum absolute atomic E-state index is 0.141. The van der Waals surface area contributed by atoms with Gasteiger partial charge in [-0.3, -0.25) is 9.59 Å². The van der Waals surface area contributed by atoms with Gasteiger partial charge < -0.3 is 19.7 Å². The van der Waals surface area contributed by atoms with Crippen molar-refractivity contribution in [1.82, 2.24) is 0 Å². The topological polar surface area (TPSA) is 67.9 Å². The number of carbonyl (C=O) groups excluding carboxylic acids is 2. The molecule has 1 N–H and O–H groups in total. The number of amides is 2. The summed E-state index contributed by atoms with van der Waals surface area (Å²) in [4.78, 5) is 26.2. The Morgan fingerprint density at radius 1 is 1.08 bits per heavy atom. The number of ether oxygens (including phenoxy) is 2. The minimum Gasteiger partial charge on any atom is -0.482 e. The first-order chi connectivity index (χ1) is 12.6. The number of para-hydroxylation sites is 2. The molecule has 2 aromatic rings. The molecule has 4 rings (SSSR count). The van der Waals surface area contributed by atoms with Gasteiger partial charge in [-0.25, -0.2) is 0 Å². The number of anilines is 2. The van der Waals surface area contributed by atoms with Gasteiger partial charge in [0.25, 0.3) is 5.91 Å². The number of rotatable bonds is 3. The molecule has 2 amide bonds. The van der Waals surface area contributed by atoms with E-state index < -0.39 is 12.2 Å². The second kappa shape index (κ2) is 6.71. The standard InChI is InChI=1S/C20H20N2O4/c1-13-19(26-17-6-3-2-5-16(17)25-13)20(24)21-14-8-10-15(11-9-14)22-12-4-7-18(22)23/h2-3,5-6,8-11,13,19H,4,7,12H2,1H3,(H,21,24). The van der Waals surface area contributed by atoms with E-state index in [9.17, 15) is 9.59 Å². The van der Waals surface area contributed by atoms with Gasteiger partial charge in [0.05, 0.1) is 0 Å². The molecule has 1 fully saturated rings. The average Bonchev–Trinajstić information content (AvgIpc) is 3.07. The van der Waals surface area contributed by atoms with Crippen molar-refractivity contribution in [2.24, 2.45) is 0 Å². The van der Waals surface area contributed by atoms with Crippen LogP contribution < -0.4 is 19.7 Å². The lowest BCUT2D eigenvalue weighted by Gasteiger charge is -2.31. The molecule has 2 unspecified atom stereocenters. The van der Waals surface area contributed by atoms with Gasteiger partial charge in [0, 0.05) is 24.3 Å². The number of nitrogens with one attached hydrogen (secondary N) is 1. The zero-order valence-electron chi connectivity index (χ0n) is 14.5. The zero-order chi connectivity index (χ0) is 18.1. The van der Waals surface area contributed by atoms with Crippen LogP contribution >= 0.6 is 0 Å². The molecule has 2 aliphatic rings. The highest BCUT2D eigenvalue weighted by atomic mass is 16.6. The fourth-order valence-electron chi connectivity index (χ4n) is 3.27. The van der Waals surface area contributed by atoms with Crippen LogP contribution in [0.5, 0.6) is 11.5 Å². The van der Waals surface area contributed by atoms with E-state index in [2.05, 4.69) is 5.32 Å². The molecule has 6 heteroatoms. The highest BCUT2D eigenvalue weighted by Crippen LogP contribution is 2.33. The van der Waals surface area contributed by atoms with E-state index in [0.29, 0.717) is 23.6 Å². The normalized spacial score (nSPS) is 21.6. The lowest BCUT2D eigenvalue weighted by atomic mass is 10.1. The molecule has 0 spiro atoms. The van der Waals surface area contributed by atoms with Crippen molar-refractivity contribution < 1.29 is 19.1 Å². The molecule has 2 aromatic carbocycles. The second-order valence-corrected chi connectivity index (χ2v) is 6.49. The Hall–Kier alpha value is -3.02. The summed E-state index contributed by atoms with van der Waals surface area (Å²) in [5.74, 6) is 1.08. The number of fused-ring (bicyclic) bond motifs is 1. The highest BCUT2D eigenvalue weighted by molar-refractivity contribution is 5.97. The summed E-state index contributed by atoms with van der Waals surface area (Å²) in [6.45, 7) is 2.55. The largest absolute Gasteiger partial charge is 0.482 e. The zero-order valence-corrected chi connectivity index (χ0v) is 14.5. The molecule has 2 heterocycles. The second-order valence-electron chi connectivity index (χ2n) is 6.49. The van der Waals surface area contributed by atoms with Crippen LogP contribution in [0, 0.1) is 0 Å². The Morgan fingerprint density at radius 3 is 2.42 bits per heavy atom. The lowest BCUT2D eigenvalue weighted by Crippen LogP contribution is -2.46. The number of carbonyl (C=O) groups is 2. The van der Waals surface area contributed by atoms with Crippen LogP contribution in [0.2, 0.25) is 0 Å². The molecule has 0 aromatic heterocycles. The Bertz CT molecular complexity index is 834. The molecular formula is C20H20N2O4. The fraction of sp³-hybridized carbons (Fsp3) is 0.300. The maximum atomic E-state index is 12.6. The summed E-state index contributed by atoms with van der Waals surface area (Å²) < 4.78 is 11.6. The number of nitrogens with zero attached hydrogens (tertiary/aromatic N) is 1. The van der Waals surface area contributed by atoms with Gasteiger partial charge in [-0.2, -0.15) is 0 Å². The van der Waals surface area contributed by atoms with E-state index in [0.717, 1.165) is 18.7 Å². The molecule has 0 saturated carbocycles. The fourth-order valence-corrected chi connectivity index (χ4v) is 3.27. The number of hydrogen-bond donors (Lipinski definition) is 1. The first-order valence-corrected chi connectivity index (χ1v) is 8.75. The third kappa shape index (κ3) is 3.10. The Labute approximate surface area is 151 Å². The first-order valence-electron chi connectivity index (χ1n) is 8.75. The van der Waals surface area contributed by atoms with Crippen LogP contribution in [0.4, 0.5) is 11.4 Å². The smallest absolute Gasteiger partial charge is 0.269 e. The predicted molar refractivity (Wildman–Crippen MR) is 97.6 cm³/mol. The van der Waals surface area contributed by atoms with Crippen molar-refractivity contribution >= 4 is 23.2 Å². The van der Waals surface area contributed by atoms with Crippen molar-refractivity contribution in [1.29, 1.82) is 0 Å². The number of benzene rings is 2. The van der Waals surface area contributed by atoms with Crippen molar-refractivity contribution in [3.8, 4) is 11.5 Å². The van der Waals surface area contributed by atoms with Gasteiger partial charge >= 0.3 is 0 Å². The summed E-state index contributed by atoms with van der Waals surface area (Å²) in [6.07, 6.45) is 0.350. The summed E-state index contributed by atoms with van der Waals surface area (Å²) >= 11 is 0. The van der Waals surface area contributed by atoms with E-state index in [-0.39, 0.29) is 11.8 Å². The highest BCUT2D eigenvalue weighted by Gasteiger charge is 2.34. The van der Waals surface area contributed by atoms with E-state index >= 15 is 0 Å². The molecule has 0 radical (unpaired) electrons.